The van der Waals surface area contributed by atoms with Crippen molar-refractivity contribution < 1.29 is 19.4 Å². The van der Waals surface area contributed by atoms with Crippen LogP contribution in [0.25, 0.3) is 0 Å². The van der Waals surface area contributed by atoms with Gasteiger partial charge in [-0.25, -0.2) is 4.79 Å². The van der Waals surface area contributed by atoms with Crippen LogP contribution in [0, 0.1) is 0 Å². The van der Waals surface area contributed by atoms with Crippen LogP contribution < -0.4 is 4.74 Å². The van der Waals surface area contributed by atoms with Gasteiger partial charge in [-0.3, -0.25) is 4.79 Å². The third-order valence-corrected chi connectivity index (χ3v) is 4.42. The molecule has 1 atom stereocenters. The quantitative estimate of drug-likeness (QED) is 0.877. The zero-order chi connectivity index (χ0) is 16.2. The van der Waals surface area contributed by atoms with Gasteiger partial charge in [0.25, 0.3) is 0 Å². The predicted octanol–water partition coefficient (Wildman–Crippen LogP) is 2.48. The highest BCUT2D eigenvalue weighted by Crippen LogP contribution is 2.30. The number of amides is 1. The van der Waals surface area contributed by atoms with Crippen molar-refractivity contribution in [1.29, 1.82) is 0 Å². The zero-order valence-corrected chi connectivity index (χ0v) is 13.2. The van der Waals surface area contributed by atoms with Crippen molar-refractivity contribution >= 4 is 11.9 Å². The molecule has 1 N–H and O–H groups in total. The molecule has 1 aromatic rings. The Kier molecular flexibility index (Phi) is 5.06. The topological polar surface area (TPSA) is 66.8 Å². The van der Waals surface area contributed by atoms with E-state index < -0.39 is 11.5 Å². The molecule has 1 aliphatic rings. The Bertz CT molecular complexity index is 540. The van der Waals surface area contributed by atoms with E-state index >= 15 is 0 Å². The molecule has 1 saturated heterocycles. The minimum Gasteiger partial charge on any atom is -0.497 e. The number of carbonyl (C=O) groups is 2. The lowest BCUT2D eigenvalue weighted by Gasteiger charge is -2.31. The fourth-order valence-corrected chi connectivity index (χ4v) is 2.96. The largest absolute Gasteiger partial charge is 0.497 e. The van der Waals surface area contributed by atoms with E-state index in [2.05, 4.69) is 0 Å². The van der Waals surface area contributed by atoms with E-state index in [0.717, 1.165) is 30.6 Å². The minimum absolute atomic E-state index is 0.0593. The van der Waals surface area contributed by atoms with Crippen molar-refractivity contribution in [1.82, 2.24) is 4.90 Å². The molecule has 0 saturated carbocycles. The van der Waals surface area contributed by atoms with Gasteiger partial charge >= 0.3 is 5.97 Å². The number of ether oxygens (including phenoxy) is 1. The van der Waals surface area contributed by atoms with Gasteiger partial charge in [0.2, 0.25) is 5.91 Å². The summed E-state index contributed by atoms with van der Waals surface area (Å²) in [6.07, 6.45) is 3.19. The number of hydrogen-bond donors (Lipinski definition) is 1. The molecule has 0 aliphatic carbocycles. The molecule has 0 bridgehead atoms. The average molecular weight is 305 g/mol. The first-order valence-corrected chi connectivity index (χ1v) is 7.64. The standard InChI is InChI=1S/C17H23NO4/c1-17(16(20)21)11-4-12-18(17)15(19)6-3-5-13-7-9-14(22-2)10-8-13/h7-10H,3-6,11-12H2,1-2H3,(H,20,21). The fraction of sp³-hybridized carbons (Fsp3) is 0.529. The number of benzene rings is 1. The van der Waals surface area contributed by atoms with Crippen molar-refractivity contribution in [3.05, 3.63) is 29.8 Å². The van der Waals surface area contributed by atoms with E-state index in [9.17, 15) is 14.7 Å². The highest BCUT2D eigenvalue weighted by atomic mass is 16.5. The molecular weight excluding hydrogens is 282 g/mol. The maximum absolute atomic E-state index is 12.3. The van der Waals surface area contributed by atoms with Gasteiger partial charge in [0.1, 0.15) is 11.3 Å². The predicted molar refractivity (Wildman–Crippen MR) is 82.9 cm³/mol. The molecule has 1 heterocycles. The lowest BCUT2D eigenvalue weighted by molar-refractivity contribution is -0.155. The summed E-state index contributed by atoms with van der Waals surface area (Å²) in [6.45, 7) is 2.19. The second-order valence-corrected chi connectivity index (χ2v) is 5.93. The summed E-state index contributed by atoms with van der Waals surface area (Å²) in [5.41, 5.74) is 0.119. The van der Waals surface area contributed by atoms with E-state index in [1.54, 1.807) is 14.0 Å². The Morgan fingerprint density at radius 3 is 2.59 bits per heavy atom. The van der Waals surface area contributed by atoms with E-state index in [1.807, 2.05) is 24.3 Å². The van der Waals surface area contributed by atoms with Gasteiger partial charge in [0.15, 0.2) is 0 Å². The maximum atomic E-state index is 12.3. The van der Waals surface area contributed by atoms with Crippen molar-refractivity contribution in [3.8, 4) is 5.75 Å². The Balaban J connectivity index is 1.86. The first-order chi connectivity index (χ1) is 10.5. The molecule has 1 amide bonds. The molecule has 0 radical (unpaired) electrons. The summed E-state index contributed by atoms with van der Waals surface area (Å²) in [4.78, 5) is 25.2. The molecule has 1 fully saturated rings. The van der Waals surface area contributed by atoms with Gasteiger partial charge in [-0.05, 0) is 50.3 Å². The lowest BCUT2D eigenvalue weighted by atomic mass is 9.98. The van der Waals surface area contributed by atoms with Crippen LogP contribution in [0.3, 0.4) is 0 Å². The summed E-state index contributed by atoms with van der Waals surface area (Å²) in [6, 6.07) is 7.78. The lowest BCUT2D eigenvalue weighted by Crippen LogP contribution is -2.50. The number of carboxylic acids is 1. The van der Waals surface area contributed by atoms with Crippen LogP contribution in [0.15, 0.2) is 24.3 Å². The SMILES string of the molecule is COc1ccc(CCCC(=O)N2CCCC2(C)C(=O)O)cc1. The van der Waals surface area contributed by atoms with E-state index in [-0.39, 0.29) is 5.91 Å². The number of hydrogen-bond acceptors (Lipinski definition) is 3. The molecule has 0 spiro atoms. The first kappa shape index (κ1) is 16.3. The number of carbonyl (C=O) groups excluding carboxylic acids is 1. The molecule has 5 nitrogen and oxygen atoms in total. The van der Waals surface area contributed by atoms with Gasteiger partial charge in [-0.2, -0.15) is 0 Å². The number of aryl methyl sites for hydroxylation is 1. The number of methoxy groups -OCH3 is 1. The highest BCUT2D eigenvalue weighted by molar-refractivity contribution is 5.87. The van der Waals surface area contributed by atoms with Crippen molar-refractivity contribution in [3.63, 3.8) is 0 Å². The van der Waals surface area contributed by atoms with Crippen LogP contribution in [-0.4, -0.2) is 41.1 Å². The first-order valence-electron chi connectivity index (χ1n) is 7.64. The maximum Gasteiger partial charge on any atom is 0.329 e. The Labute approximate surface area is 130 Å². The molecule has 2 rings (SSSR count). The number of likely N-dealkylation sites (tertiary alicyclic amines) is 1. The fourth-order valence-electron chi connectivity index (χ4n) is 2.96. The van der Waals surface area contributed by atoms with Crippen LogP contribution in [-0.2, 0) is 16.0 Å². The Morgan fingerprint density at radius 2 is 2.00 bits per heavy atom. The normalized spacial score (nSPS) is 20.9. The number of aliphatic carboxylic acids is 1. The Hall–Kier alpha value is -2.04. The second-order valence-electron chi connectivity index (χ2n) is 5.93. The second kappa shape index (κ2) is 6.81. The molecular formula is C17H23NO4. The zero-order valence-electron chi connectivity index (χ0n) is 13.2. The van der Waals surface area contributed by atoms with Crippen LogP contribution in [0.4, 0.5) is 0 Å². The van der Waals surface area contributed by atoms with Gasteiger partial charge in [0.05, 0.1) is 7.11 Å². The molecule has 22 heavy (non-hydrogen) atoms. The summed E-state index contributed by atoms with van der Waals surface area (Å²) in [5.74, 6) is -0.154. The third-order valence-electron chi connectivity index (χ3n) is 4.42. The monoisotopic (exact) mass is 305 g/mol. The average Bonchev–Trinajstić information content (AvgIpc) is 2.91. The third kappa shape index (κ3) is 3.40. The number of nitrogens with zero attached hydrogens (tertiary/aromatic N) is 1. The van der Waals surface area contributed by atoms with Crippen molar-refractivity contribution in [2.75, 3.05) is 13.7 Å². The minimum atomic E-state index is -1.03. The molecule has 120 valence electrons. The smallest absolute Gasteiger partial charge is 0.329 e. The molecule has 1 unspecified atom stereocenters. The summed E-state index contributed by atoms with van der Waals surface area (Å²) < 4.78 is 5.11. The molecule has 1 aliphatic heterocycles. The number of rotatable bonds is 6. The number of carboxylic acid groups (broad SMARTS) is 1. The molecule has 5 heteroatoms. The molecule has 1 aromatic carbocycles. The van der Waals surface area contributed by atoms with Gasteiger partial charge in [0, 0.05) is 13.0 Å². The molecule has 0 aromatic heterocycles. The van der Waals surface area contributed by atoms with Crippen LogP contribution >= 0.6 is 0 Å². The highest BCUT2D eigenvalue weighted by Gasteiger charge is 2.45. The summed E-state index contributed by atoms with van der Waals surface area (Å²) >= 11 is 0. The van der Waals surface area contributed by atoms with E-state index in [0.29, 0.717) is 19.4 Å². The van der Waals surface area contributed by atoms with Crippen LogP contribution in [0.5, 0.6) is 5.75 Å². The van der Waals surface area contributed by atoms with Crippen LogP contribution in [0.2, 0.25) is 0 Å². The van der Waals surface area contributed by atoms with Crippen molar-refractivity contribution in [2.45, 2.75) is 44.6 Å². The van der Waals surface area contributed by atoms with E-state index in [4.69, 9.17) is 4.74 Å². The van der Waals surface area contributed by atoms with Crippen molar-refractivity contribution in [2.24, 2.45) is 0 Å². The summed E-state index contributed by atoms with van der Waals surface area (Å²) in [7, 11) is 1.63. The van der Waals surface area contributed by atoms with Gasteiger partial charge in [-0.15, -0.1) is 0 Å². The van der Waals surface area contributed by atoms with Crippen LogP contribution in [0.1, 0.15) is 38.2 Å². The van der Waals surface area contributed by atoms with Gasteiger partial charge in [-0.1, -0.05) is 12.1 Å². The van der Waals surface area contributed by atoms with E-state index in [1.165, 1.54) is 4.90 Å². The van der Waals surface area contributed by atoms with Gasteiger partial charge < -0.3 is 14.7 Å². The summed E-state index contributed by atoms with van der Waals surface area (Å²) in [5, 5.41) is 9.34. The Morgan fingerprint density at radius 1 is 1.32 bits per heavy atom.